The lowest BCUT2D eigenvalue weighted by Crippen LogP contribution is -1.99. The van der Waals surface area contributed by atoms with Crippen molar-refractivity contribution in [3.05, 3.63) is 65.7 Å². The number of hydrogen-bond acceptors (Lipinski definition) is 1. The van der Waals surface area contributed by atoms with Crippen LogP contribution in [0.5, 0.6) is 5.75 Å². The van der Waals surface area contributed by atoms with Crippen LogP contribution >= 0.6 is 0 Å². The zero-order valence-electron chi connectivity index (χ0n) is 8.10. The molecule has 15 heavy (non-hydrogen) atoms. The highest BCUT2D eigenvalue weighted by Crippen LogP contribution is 2.13. The molecule has 2 nitrogen and oxygen atoms in total. The summed E-state index contributed by atoms with van der Waals surface area (Å²) in [5, 5.41) is 7.33. The molecule has 0 fully saturated rings. The quantitative estimate of drug-likeness (QED) is 0.540. The third-order valence-corrected chi connectivity index (χ3v) is 2.18. The monoisotopic (exact) mass is 199 g/mol. The van der Waals surface area contributed by atoms with Crippen LogP contribution in [0.1, 0.15) is 15.9 Å². The normalized spacial score (nSPS) is 9.87. The molecule has 0 radical (unpaired) electrons. The van der Waals surface area contributed by atoms with Crippen LogP contribution in [0, 0.1) is 0 Å². The van der Waals surface area contributed by atoms with Gasteiger partial charge >= 0.3 is 0 Å². The number of hydrogen-bond donors (Lipinski definition) is 0. The van der Waals surface area contributed by atoms with Crippen LogP contribution in [0.15, 0.2) is 54.6 Å². The van der Waals surface area contributed by atoms with E-state index in [1.807, 2.05) is 18.2 Å². The highest BCUT2D eigenvalue weighted by Gasteiger charge is 2.08. The standard InChI is InChI=1S/C13H10O2/c14-12-8-6-11(7-9-12)13(15)10-4-2-1-3-5-10/h1-9,14H/p+1. The second-order valence-electron chi connectivity index (χ2n) is 3.27. The number of benzene rings is 2. The largest absolute Gasteiger partial charge is 0.593 e. The predicted octanol–water partition coefficient (Wildman–Crippen LogP) is 2.36. The van der Waals surface area contributed by atoms with Crippen molar-refractivity contribution in [1.82, 2.24) is 0 Å². The van der Waals surface area contributed by atoms with E-state index in [2.05, 4.69) is 0 Å². The van der Waals surface area contributed by atoms with Gasteiger partial charge in [0.1, 0.15) is 0 Å². The molecule has 0 atom stereocenters. The fourth-order valence-corrected chi connectivity index (χ4v) is 1.38. The molecular weight excluding hydrogens is 188 g/mol. The van der Waals surface area contributed by atoms with Crippen LogP contribution in [0.25, 0.3) is 0 Å². The Bertz CT molecular complexity index is 458. The minimum Gasteiger partial charge on any atom is -0.593 e. The van der Waals surface area contributed by atoms with Crippen molar-refractivity contribution in [2.24, 2.45) is 0 Å². The summed E-state index contributed by atoms with van der Waals surface area (Å²) in [4.78, 5) is 11.9. The molecule has 0 heterocycles. The summed E-state index contributed by atoms with van der Waals surface area (Å²) in [5.74, 6) is 0.412. The fraction of sp³-hybridized carbons (Fsp3) is 0. The first-order valence-electron chi connectivity index (χ1n) is 4.69. The lowest BCUT2D eigenvalue weighted by atomic mass is 10.0. The van der Waals surface area contributed by atoms with Gasteiger partial charge in [0.2, 0.25) is 0 Å². The molecule has 0 saturated heterocycles. The summed E-state index contributed by atoms with van der Waals surface area (Å²) >= 11 is 0. The Balaban J connectivity index is 2.33. The third-order valence-electron chi connectivity index (χ3n) is 2.18. The summed E-state index contributed by atoms with van der Waals surface area (Å²) in [5.41, 5.74) is 1.30. The molecule has 74 valence electrons. The van der Waals surface area contributed by atoms with Gasteiger partial charge in [-0.25, -0.2) is 0 Å². The van der Waals surface area contributed by atoms with Gasteiger partial charge in [0, 0.05) is 23.3 Å². The van der Waals surface area contributed by atoms with Crippen molar-refractivity contribution in [2.45, 2.75) is 0 Å². The summed E-state index contributed by atoms with van der Waals surface area (Å²) < 4.78 is 0. The van der Waals surface area contributed by atoms with Crippen LogP contribution in [0.3, 0.4) is 0 Å². The Kier molecular flexibility index (Phi) is 2.50. The maximum absolute atomic E-state index is 11.9. The van der Waals surface area contributed by atoms with E-state index < -0.39 is 0 Å². The molecule has 2 aromatic rings. The minimum absolute atomic E-state index is 0.00407. The smallest absolute Gasteiger partial charge is 0.253 e. The van der Waals surface area contributed by atoms with Crippen molar-refractivity contribution in [2.75, 3.05) is 0 Å². The molecule has 0 unspecified atom stereocenters. The second kappa shape index (κ2) is 3.96. The molecule has 2 heteroatoms. The zero-order valence-corrected chi connectivity index (χ0v) is 8.10. The van der Waals surface area contributed by atoms with E-state index in [1.54, 1.807) is 36.4 Å². The SMILES string of the molecule is O=C(c1ccccc1)c1ccc([OH2+])cc1. The van der Waals surface area contributed by atoms with E-state index in [0.717, 1.165) is 0 Å². The van der Waals surface area contributed by atoms with Crippen LogP contribution in [-0.4, -0.2) is 10.9 Å². The van der Waals surface area contributed by atoms with Crippen LogP contribution < -0.4 is 0 Å². The molecule has 0 bridgehead atoms. The van der Waals surface area contributed by atoms with Crippen LogP contribution in [-0.2, 0) is 0 Å². The Morgan fingerprint density at radius 1 is 0.800 bits per heavy atom. The topological polar surface area (TPSA) is 40.0 Å². The van der Waals surface area contributed by atoms with Crippen molar-refractivity contribution >= 4 is 5.78 Å². The molecule has 2 aromatic carbocycles. The van der Waals surface area contributed by atoms with Crippen LogP contribution in [0.2, 0.25) is 0 Å². The molecule has 0 saturated carbocycles. The van der Waals surface area contributed by atoms with Gasteiger partial charge in [0.15, 0.2) is 5.78 Å². The first-order valence-corrected chi connectivity index (χ1v) is 4.69. The first kappa shape index (κ1) is 9.46. The summed E-state index contributed by atoms with van der Waals surface area (Å²) in [6.07, 6.45) is 0. The predicted molar refractivity (Wildman–Crippen MR) is 59.4 cm³/mol. The maximum Gasteiger partial charge on any atom is 0.253 e. The molecule has 0 aromatic heterocycles. The van der Waals surface area contributed by atoms with Crippen LogP contribution in [0.4, 0.5) is 0 Å². The summed E-state index contributed by atoms with van der Waals surface area (Å²) in [6, 6.07) is 15.7. The molecule has 2 N–H and O–H groups in total. The fourth-order valence-electron chi connectivity index (χ4n) is 1.38. The van der Waals surface area contributed by atoms with Crippen molar-refractivity contribution < 1.29 is 9.90 Å². The van der Waals surface area contributed by atoms with Crippen molar-refractivity contribution in [3.8, 4) is 5.75 Å². The zero-order chi connectivity index (χ0) is 10.7. The Morgan fingerprint density at radius 3 is 1.93 bits per heavy atom. The average Bonchev–Trinajstić information content (AvgIpc) is 2.30. The van der Waals surface area contributed by atoms with Gasteiger partial charge in [-0.05, 0) is 12.1 Å². The number of ketones is 1. The lowest BCUT2D eigenvalue weighted by molar-refractivity contribution is 0.103. The van der Waals surface area contributed by atoms with E-state index in [1.165, 1.54) is 0 Å². The minimum atomic E-state index is -0.00407. The van der Waals surface area contributed by atoms with E-state index in [4.69, 9.17) is 5.11 Å². The third kappa shape index (κ3) is 2.05. The van der Waals surface area contributed by atoms with Crippen molar-refractivity contribution in [3.63, 3.8) is 0 Å². The van der Waals surface area contributed by atoms with E-state index >= 15 is 0 Å². The van der Waals surface area contributed by atoms with E-state index in [0.29, 0.717) is 16.9 Å². The maximum atomic E-state index is 11.9. The van der Waals surface area contributed by atoms with Gasteiger partial charge in [0.25, 0.3) is 5.75 Å². The average molecular weight is 199 g/mol. The van der Waals surface area contributed by atoms with E-state index in [9.17, 15) is 4.79 Å². The molecule has 0 aliphatic carbocycles. The summed E-state index contributed by atoms with van der Waals surface area (Å²) in [6.45, 7) is 0. The molecular formula is C13H11O2+. The van der Waals surface area contributed by atoms with Gasteiger partial charge in [-0.15, -0.1) is 0 Å². The molecule has 2 rings (SSSR count). The number of carbonyl (C=O) groups excluding carboxylic acids is 1. The Hall–Kier alpha value is -2.09. The van der Waals surface area contributed by atoms with E-state index in [-0.39, 0.29) is 5.78 Å². The number of rotatable bonds is 2. The van der Waals surface area contributed by atoms with Gasteiger partial charge < -0.3 is 5.11 Å². The Labute approximate surface area is 87.8 Å². The van der Waals surface area contributed by atoms with Gasteiger partial charge in [0.05, 0.1) is 0 Å². The van der Waals surface area contributed by atoms with Gasteiger partial charge in [-0.2, -0.15) is 0 Å². The van der Waals surface area contributed by atoms with Gasteiger partial charge in [-0.3, -0.25) is 4.79 Å². The molecule has 0 amide bonds. The second-order valence-corrected chi connectivity index (χ2v) is 3.27. The van der Waals surface area contributed by atoms with Crippen molar-refractivity contribution in [1.29, 1.82) is 0 Å². The number of carbonyl (C=O) groups is 1. The molecule has 0 aliphatic rings. The molecule has 0 spiro atoms. The lowest BCUT2D eigenvalue weighted by Gasteiger charge is -1.99. The highest BCUT2D eigenvalue weighted by molar-refractivity contribution is 6.08. The summed E-state index contributed by atoms with van der Waals surface area (Å²) in [7, 11) is 0. The molecule has 0 aliphatic heterocycles. The van der Waals surface area contributed by atoms with Gasteiger partial charge in [-0.1, -0.05) is 30.3 Å². The Morgan fingerprint density at radius 2 is 1.33 bits per heavy atom. The highest BCUT2D eigenvalue weighted by atomic mass is 16.3. The first-order chi connectivity index (χ1) is 7.27.